The fourth-order valence-electron chi connectivity index (χ4n) is 1.21. The van der Waals surface area contributed by atoms with Crippen molar-refractivity contribution in [3.8, 4) is 0 Å². The summed E-state index contributed by atoms with van der Waals surface area (Å²) in [5.41, 5.74) is 0. The molecule has 116 valence electrons. The Labute approximate surface area is 145 Å². The number of thiol groups is 2. The lowest BCUT2D eigenvalue weighted by molar-refractivity contribution is -0.452. The van der Waals surface area contributed by atoms with Crippen molar-refractivity contribution in [3.63, 3.8) is 0 Å². The van der Waals surface area contributed by atoms with Crippen LogP contribution in [0.1, 0.15) is 33.1 Å². The van der Waals surface area contributed by atoms with Crippen molar-refractivity contribution in [3.05, 3.63) is 12.8 Å². The number of nitrogens with one attached hydrogen (secondary N) is 2. The average molecular weight is 353 g/mol. The molecule has 0 aromatic heterocycles. The van der Waals surface area contributed by atoms with Gasteiger partial charge in [-0.15, -0.1) is 25.3 Å². The van der Waals surface area contributed by atoms with E-state index >= 15 is 0 Å². The van der Waals surface area contributed by atoms with E-state index in [-0.39, 0.29) is 0 Å². The highest BCUT2D eigenvalue weighted by Gasteiger charge is 1.94. The largest absolute Gasteiger partial charge is 0.369 e. The molecule has 2 N–H and O–H groups in total. The van der Waals surface area contributed by atoms with E-state index in [1.807, 2.05) is 13.1 Å². The summed E-state index contributed by atoms with van der Waals surface area (Å²) in [5.74, 6) is 0. The lowest BCUT2D eigenvalue weighted by Gasteiger charge is -2.03. The Bertz CT molecular complexity index is 301. The molecule has 3 nitrogen and oxygen atoms in total. The second kappa shape index (κ2) is 16.9. The summed E-state index contributed by atoms with van der Waals surface area (Å²) in [5, 5.41) is 5.68. The van der Waals surface area contributed by atoms with Crippen LogP contribution in [0.3, 0.4) is 0 Å². The Morgan fingerprint density at radius 3 is 1.95 bits per heavy atom. The molecular formula is C13H26N3S4+. The van der Waals surface area contributed by atoms with Crippen LogP contribution in [0.25, 0.3) is 0 Å². The number of unbranched alkanes of at least 4 members (excludes halogenated alkanes) is 2. The predicted octanol–water partition coefficient (Wildman–Crippen LogP) is 3.02. The Morgan fingerprint density at radius 2 is 1.65 bits per heavy atom. The van der Waals surface area contributed by atoms with Gasteiger partial charge >= 0.3 is 0 Å². The van der Waals surface area contributed by atoms with Crippen LogP contribution in [0, 0.1) is 0 Å². The van der Waals surface area contributed by atoms with Crippen molar-refractivity contribution in [1.82, 2.24) is 10.6 Å². The molecule has 0 heterocycles. The van der Waals surface area contributed by atoms with Gasteiger partial charge < -0.3 is 10.6 Å². The fourth-order valence-corrected chi connectivity index (χ4v) is 1.64. The molecule has 20 heavy (non-hydrogen) atoms. The highest BCUT2D eigenvalue weighted by Crippen LogP contribution is 1.93. The van der Waals surface area contributed by atoms with Gasteiger partial charge in [-0.1, -0.05) is 37.8 Å². The topological polar surface area (TPSA) is 27.1 Å². The van der Waals surface area contributed by atoms with E-state index in [9.17, 15) is 0 Å². The van der Waals surface area contributed by atoms with Crippen LogP contribution in [0.5, 0.6) is 0 Å². The van der Waals surface area contributed by atoms with Gasteiger partial charge in [0.25, 0.3) is 0 Å². The van der Waals surface area contributed by atoms with E-state index in [1.165, 1.54) is 19.3 Å². The highest BCUT2D eigenvalue weighted by atomic mass is 32.1. The lowest BCUT2D eigenvalue weighted by atomic mass is 10.2. The molecule has 0 atom stereocenters. The third-order valence-corrected chi connectivity index (χ3v) is 2.87. The fraction of sp³-hybridized carbons (Fsp3) is 0.615. The van der Waals surface area contributed by atoms with Gasteiger partial charge in [-0.2, -0.15) is 0 Å². The van der Waals surface area contributed by atoms with E-state index < -0.39 is 0 Å². The second-order valence-electron chi connectivity index (χ2n) is 3.85. The van der Waals surface area contributed by atoms with Crippen molar-refractivity contribution in [1.29, 1.82) is 0 Å². The molecule has 0 unspecified atom stereocenters. The third kappa shape index (κ3) is 20.2. The van der Waals surface area contributed by atoms with Crippen LogP contribution in [-0.4, -0.2) is 39.1 Å². The maximum atomic E-state index is 4.65. The molecule has 0 aliphatic carbocycles. The van der Waals surface area contributed by atoms with E-state index in [0.717, 1.165) is 6.54 Å². The first kappa shape index (κ1) is 22.2. The van der Waals surface area contributed by atoms with Gasteiger partial charge in [0.1, 0.15) is 21.4 Å². The third-order valence-electron chi connectivity index (χ3n) is 2.26. The summed E-state index contributed by atoms with van der Waals surface area (Å²) >= 11 is 17.0. The number of rotatable bonds is 8. The quantitative estimate of drug-likeness (QED) is 0.178. The number of hydrogen-bond donors (Lipinski definition) is 4. The van der Waals surface area contributed by atoms with Crippen molar-refractivity contribution in [2.45, 2.75) is 33.1 Å². The van der Waals surface area contributed by atoms with Crippen LogP contribution < -0.4 is 10.6 Å². The average Bonchev–Trinajstić information content (AvgIpc) is 2.40. The molecule has 0 aliphatic rings. The van der Waals surface area contributed by atoms with Gasteiger partial charge in [-0.25, -0.2) is 4.58 Å². The first-order valence-electron chi connectivity index (χ1n) is 6.59. The molecule has 0 aromatic carbocycles. The Kier molecular flexibility index (Phi) is 18.8. The second-order valence-corrected chi connectivity index (χ2v) is 6.17. The standard InChI is InChI=1S/C9H18N.C4H8N2S4/c1-4-7-8-9-10(5-2)6-3;7-3(8)5-1-2-6-4(9)10/h5-6H,2,4,7-9H2,1,3H3;1-2H2,(H2,5,7,8)(H2,6,9,10)/q+1;. The zero-order valence-corrected chi connectivity index (χ0v) is 15.7. The van der Waals surface area contributed by atoms with Crippen LogP contribution in [0.15, 0.2) is 12.8 Å². The molecule has 0 amide bonds. The van der Waals surface area contributed by atoms with Crippen molar-refractivity contribution >= 4 is 64.5 Å². The van der Waals surface area contributed by atoms with Gasteiger partial charge in [0.05, 0.1) is 0 Å². The molecular weight excluding hydrogens is 326 g/mol. The molecule has 7 heteroatoms. The van der Waals surface area contributed by atoms with Crippen LogP contribution in [0.4, 0.5) is 0 Å². The van der Waals surface area contributed by atoms with Crippen LogP contribution >= 0.6 is 49.7 Å². The van der Waals surface area contributed by atoms with E-state index in [4.69, 9.17) is 0 Å². The molecule has 0 spiro atoms. The highest BCUT2D eigenvalue weighted by molar-refractivity contribution is 8.11. The van der Waals surface area contributed by atoms with Crippen molar-refractivity contribution < 1.29 is 4.58 Å². The first-order valence-corrected chi connectivity index (χ1v) is 8.30. The summed E-state index contributed by atoms with van der Waals surface area (Å²) in [4.78, 5) is 0. The van der Waals surface area contributed by atoms with E-state index in [2.05, 4.69) is 84.6 Å². The number of nitrogens with zero attached hydrogens (tertiary/aromatic N) is 1. The van der Waals surface area contributed by atoms with Crippen LogP contribution in [0.2, 0.25) is 0 Å². The molecule has 0 aliphatic heterocycles. The normalized spacial score (nSPS) is 10.1. The van der Waals surface area contributed by atoms with Crippen molar-refractivity contribution in [2.75, 3.05) is 19.6 Å². The van der Waals surface area contributed by atoms with E-state index in [0.29, 0.717) is 21.7 Å². The SMILES string of the molecule is C=C[N+](=CC)CCCCC.S=C(S)NCCNC(=S)S. The smallest absolute Gasteiger partial charge is 0.161 e. The predicted molar refractivity (Wildman–Crippen MR) is 106 cm³/mol. The molecule has 0 bridgehead atoms. The molecule has 0 radical (unpaired) electrons. The summed E-state index contributed by atoms with van der Waals surface area (Å²) in [6.45, 7) is 10.5. The van der Waals surface area contributed by atoms with Crippen LogP contribution in [-0.2, 0) is 0 Å². The van der Waals surface area contributed by atoms with Gasteiger partial charge in [0.15, 0.2) is 6.20 Å². The maximum Gasteiger partial charge on any atom is 0.161 e. The molecule has 0 saturated carbocycles. The Hall–Kier alpha value is -0.110. The molecule has 0 aromatic rings. The van der Waals surface area contributed by atoms with Crippen molar-refractivity contribution in [2.24, 2.45) is 0 Å². The zero-order valence-electron chi connectivity index (χ0n) is 12.3. The minimum Gasteiger partial charge on any atom is -0.369 e. The van der Waals surface area contributed by atoms with Gasteiger partial charge in [-0.3, -0.25) is 0 Å². The Balaban J connectivity index is 0. The minimum atomic E-state index is 0.492. The maximum absolute atomic E-state index is 4.65. The summed E-state index contributed by atoms with van der Waals surface area (Å²) < 4.78 is 3.11. The first-order chi connectivity index (χ1) is 9.47. The van der Waals surface area contributed by atoms with Gasteiger partial charge in [0.2, 0.25) is 0 Å². The number of thiocarbonyl (C=S) groups is 2. The summed E-state index contributed by atoms with van der Waals surface area (Å²) in [6.07, 6.45) is 7.80. The monoisotopic (exact) mass is 352 g/mol. The number of hydrogen-bond acceptors (Lipinski definition) is 2. The molecule has 0 rings (SSSR count). The molecule has 0 fully saturated rings. The summed E-state index contributed by atoms with van der Waals surface area (Å²) in [6, 6.07) is 0. The zero-order chi connectivity index (χ0) is 15.8. The van der Waals surface area contributed by atoms with Gasteiger partial charge in [-0.05, 0) is 13.0 Å². The Morgan fingerprint density at radius 1 is 1.15 bits per heavy atom. The van der Waals surface area contributed by atoms with E-state index in [1.54, 1.807) is 0 Å². The minimum absolute atomic E-state index is 0.492. The lowest BCUT2D eigenvalue weighted by Crippen LogP contribution is -2.29. The summed E-state index contributed by atoms with van der Waals surface area (Å²) in [7, 11) is 0. The molecule has 0 saturated heterocycles. The van der Waals surface area contributed by atoms with Gasteiger partial charge in [0, 0.05) is 26.4 Å².